The lowest BCUT2D eigenvalue weighted by Gasteiger charge is -2.11. The maximum Gasteiger partial charge on any atom is 0.329 e. The van der Waals surface area contributed by atoms with Gasteiger partial charge < -0.3 is 0 Å². The lowest BCUT2D eigenvalue weighted by Crippen LogP contribution is -2.26. The molecular formula is C25H28N6O. The average Bonchev–Trinajstić information content (AvgIpc) is 3.47. The highest BCUT2D eigenvalue weighted by molar-refractivity contribution is 5.72. The SMILES string of the molecule is CCC=Cc1cn(C(C)CC)c(=O)n1Cc1ccc(-c2ccccc2-n2cnnn2)cc1. The summed E-state index contributed by atoms with van der Waals surface area (Å²) in [6, 6.07) is 16.5. The summed E-state index contributed by atoms with van der Waals surface area (Å²) >= 11 is 0. The molecule has 7 nitrogen and oxygen atoms in total. The molecule has 0 radical (unpaired) electrons. The molecule has 4 rings (SSSR count). The average molecular weight is 429 g/mol. The van der Waals surface area contributed by atoms with Crippen LogP contribution < -0.4 is 5.69 Å². The molecule has 0 amide bonds. The predicted molar refractivity (Wildman–Crippen MR) is 127 cm³/mol. The van der Waals surface area contributed by atoms with E-state index in [0.717, 1.165) is 40.9 Å². The van der Waals surface area contributed by atoms with Gasteiger partial charge in [0.05, 0.1) is 17.9 Å². The number of para-hydroxylation sites is 1. The number of aromatic nitrogens is 6. The topological polar surface area (TPSA) is 70.5 Å². The predicted octanol–water partition coefficient (Wildman–Crippen LogP) is 4.74. The summed E-state index contributed by atoms with van der Waals surface area (Å²) in [6.07, 6.45) is 9.53. The monoisotopic (exact) mass is 428 g/mol. The third kappa shape index (κ3) is 4.32. The molecule has 0 aliphatic carbocycles. The molecule has 0 bridgehead atoms. The molecule has 0 saturated carbocycles. The molecular weight excluding hydrogens is 400 g/mol. The number of hydrogen-bond acceptors (Lipinski definition) is 4. The van der Waals surface area contributed by atoms with Gasteiger partial charge in [-0.05, 0) is 53.5 Å². The number of allylic oxidation sites excluding steroid dienone is 1. The van der Waals surface area contributed by atoms with Crippen LogP contribution in [-0.2, 0) is 6.54 Å². The fraction of sp³-hybridized carbons (Fsp3) is 0.280. The van der Waals surface area contributed by atoms with Crippen molar-refractivity contribution in [1.82, 2.24) is 29.3 Å². The van der Waals surface area contributed by atoms with Crippen molar-refractivity contribution in [2.24, 2.45) is 0 Å². The van der Waals surface area contributed by atoms with Crippen LogP contribution in [0.4, 0.5) is 0 Å². The van der Waals surface area contributed by atoms with Gasteiger partial charge >= 0.3 is 5.69 Å². The van der Waals surface area contributed by atoms with Crippen molar-refractivity contribution >= 4 is 6.08 Å². The molecule has 0 N–H and O–H groups in total. The fourth-order valence-corrected chi connectivity index (χ4v) is 3.72. The van der Waals surface area contributed by atoms with Crippen LogP contribution in [0.3, 0.4) is 0 Å². The Hall–Kier alpha value is -3.74. The Bertz CT molecular complexity index is 1250. The first-order chi connectivity index (χ1) is 15.6. The molecule has 2 heterocycles. The van der Waals surface area contributed by atoms with Crippen molar-refractivity contribution in [2.45, 2.75) is 46.2 Å². The van der Waals surface area contributed by atoms with Crippen molar-refractivity contribution in [2.75, 3.05) is 0 Å². The van der Waals surface area contributed by atoms with E-state index in [0.29, 0.717) is 6.54 Å². The van der Waals surface area contributed by atoms with Gasteiger partial charge in [-0.25, -0.2) is 4.79 Å². The van der Waals surface area contributed by atoms with Gasteiger partial charge in [0.1, 0.15) is 6.33 Å². The molecule has 2 aromatic heterocycles. The normalized spacial score (nSPS) is 12.5. The molecule has 0 saturated heterocycles. The second kappa shape index (κ2) is 9.60. The summed E-state index contributed by atoms with van der Waals surface area (Å²) in [7, 11) is 0. The van der Waals surface area contributed by atoms with E-state index >= 15 is 0 Å². The lowest BCUT2D eigenvalue weighted by molar-refractivity contribution is 0.504. The molecule has 7 heteroatoms. The van der Waals surface area contributed by atoms with Gasteiger partial charge in [-0.2, -0.15) is 4.68 Å². The van der Waals surface area contributed by atoms with E-state index in [1.807, 2.05) is 39.6 Å². The Morgan fingerprint density at radius 2 is 1.84 bits per heavy atom. The molecule has 4 aromatic rings. The van der Waals surface area contributed by atoms with E-state index < -0.39 is 0 Å². The first-order valence-electron chi connectivity index (χ1n) is 11.0. The number of tetrazole rings is 1. The van der Waals surface area contributed by atoms with Crippen LogP contribution in [0.25, 0.3) is 22.9 Å². The quantitative estimate of drug-likeness (QED) is 0.407. The maximum atomic E-state index is 13.1. The molecule has 32 heavy (non-hydrogen) atoms. The number of imidazole rings is 1. The number of hydrogen-bond donors (Lipinski definition) is 0. The minimum Gasteiger partial charge on any atom is -0.296 e. The molecule has 0 spiro atoms. The van der Waals surface area contributed by atoms with E-state index in [2.05, 4.69) is 72.7 Å². The van der Waals surface area contributed by atoms with Gasteiger partial charge in [-0.15, -0.1) is 5.10 Å². The summed E-state index contributed by atoms with van der Waals surface area (Å²) in [5.41, 5.74) is 5.06. The smallest absolute Gasteiger partial charge is 0.296 e. The van der Waals surface area contributed by atoms with Crippen molar-refractivity contribution in [3.8, 4) is 16.8 Å². The highest BCUT2D eigenvalue weighted by Crippen LogP contribution is 2.26. The van der Waals surface area contributed by atoms with Gasteiger partial charge in [0, 0.05) is 17.8 Å². The number of rotatable bonds is 8. The van der Waals surface area contributed by atoms with E-state index in [-0.39, 0.29) is 11.7 Å². The summed E-state index contributed by atoms with van der Waals surface area (Å²) in [5.74, 6) is 0. The van der Waals surface area contributed by atoms with Crippen LogP contribution in [-0.4, -0.2) is 29.3 Å². The fourth-order valence-electron chi connectivity index (χ4n) is 3.72. The molecule has 0 aliphatic rings. The van der Waals surface area contributed by atoms with Gasteiger partial charge in [-0.3, -0.25) is 9.13 Å². The highest BCUT2D eigenvalue weighted by atomic mass is 16.1. The number of benzene rings is 2. The van der Waals surface area contributed by atoms with Crippen LogP contribution >= 0.6 is 0 Å². The van der Waals surface area contributed by atoms with Crippen molar-refractivity contribution < 1.29 is 0 Å². The summed E-state index contributed by atoms with van der Waals surface area (Å²) < 4.78 is 5.35. The van der Waals surface area contributed by atoms with Crippen LogP contribution in [0.15, 0.2) is 71.9 Å². The Kier molecular flexibility index (Phi) is 6.44. The molecule has 2 aromatic carbocycles. The first-order valence-corrected chi connectivity index (χ1v) is 11.0. The van der Waals surface area contributed by atoms with Crippen molar-refractivity contribution in [3.05, 3.63) is 88.9 Å². The largest absolute Gasteiger partial charge is 0.329 e. The first kappa shape index (κ1) is 21.5. The van der Waals surface area contributed by atoms with Crippen molar-refractivity contribution in [1.29, 1.82) is 0 Å². The van der Waals surface area contributed by atoms with Crippen molar-refractivity contribution in [3.63, 3.8) is 0 Å². The Balaban J connectivity index is 1.65. The number of nitrogens with zero attached hydrogens (tertiary/aromatic N) is 6. The lowest BCUT2D eigenvalue weighted by atomic mass is 10.0. The molecule has 1 unspecified atom stereocenters. The van der Waals surface area contributed by atoms with Crippen LogP contribution in [0, 0.1) is 0 Å². The van der Waals surface area contributed by atoms with Gasteiger partial charge in [-0.1, -0.05) is 62.4 Å². The van der Waals surface area contributed by atoms with Gasteiger partial charge in [0.15, 0.2) is 0 Å². The van der Waals surface area contributed by atoms with Gasteiger partial charge in [0.2, 0.25) is 0 Å². The minimum absolute atomic E-state index is 0.0307. The van der Waals surface area contributed by atoms with Crippen LogP contribution in [0.5, 0.6) is 0 Å². The zero-order valence-electron chi connectivity index (χ0n) is 18.7. The molecule has 0 fully saturated rings. The third-order valence-electron chi connectivity index (χ3n) is 5.73. The molecule has 0 aliphatic heterocycles. The minimum atomic E-state index is 0.0307. The standard InChI is InChI=1S/C25H28N6O/c1-4-6-9-22-17-29(19(3)5-2)25(32)30(22)16-20-12-14-21(15-13-20)23-10-7-8-11-24(23)31-18-26-27-28-31/h6-15,17-19H,4-5,16H2,1-3H3. The molecule has 1 atom stereocenters. The van der Waals surface area contributed by atoms with E-state index in [1.54, 1.807) is 11.0 Å². The summed E-state index contributed by atoms with van der Waals surface area (Å²) in [4.78, 5) is 13.1. The summed E-state index contributed by atoms with van der Waals surface area (Å²) in [5, 5.41) is 11.5. The second-order valence-electron chi connectivity index (χ2n) is 7.87. The Labute approximate surface area is 187 Å². The van der Waals surface area contributed by atoms with Gasteiger partial charge in [0.25, 0.3) is 0 Å². The summed E-state index contributed by atoms with van der Waals surface area (Å²) in [6.45, 7) is 6.80. The third-order valence-corrected chi connectivity index (χ3v) is 5.73. The van der Waals surface area contributed by atoms with E-state index in [1.165, 1.54) is 0 Å². The zero-order valence-corrected chi connectivity index (χ0v) is 18.7. The van der Waals surface area contributed by atoms with Crippen LogP contribution in [0.2, 0.25) is 0 Å². The van der Waals surface area contributed by atoms with Crippen LogP contribution in [0.1, 0.15) is 50.9 Å². The van der Waals surface area contributed by atoms with E-state index in [9.17, 15) is 4.79 Å². The Morgan fingerprint density at radius 1 is 1.06 bits per heavy atom. The van der Waals surface area contributed by atoms with E-state index in [4.69, 9.17) is 0 Å². The zero-order chi connectivity index (χ0) is 22.5. The maximum absolute atomic E-state index is 13.1. The second-order valence-corrected chi connectivity index (χ2v) is 7.87. The Morgan fingerprint density at radius 3 is 2.53 bits per heavy atom. The molecule has 164 valence electrons. The highest BCUT2D eigenvalue weighted by Gasteiger charge is 2.14.